The topological polar surface area (TPSA) is 79.9 Å². The van der Waals surface area contributed by atoms with Crippen LogP contribution in [0.15, 0.2) is 42.5 Å². The van der Waals surface area contributed by atoms with Crippen LogP contribution in [0.3, 0.4) is 0 Å². The first-order chi connectivity index (χ1) is 14.5. The van der Waals surface area contributed by atoms with Crippen molar-refractivity contribution < 1.29 is 19.1 Å². The van der Waals surface area contributed by atoms with Crippen LogP contribution in [-0.2, 0) is 22.4 Å². The quantitative estimate of drug-likeness (QED) is 0.592. The van der Waals surface area contributed by atoms with Crippen LogP contribution in [0.1, 0.15) is 18.1 Å². The lowest BCUT2D eigenvalue weighted by atomic mass is 10.1. The first-order valence-electron chi connectivity index (χ1n) is 10.0. The molecule has 0 saturated carbocycles. The van der Waals surface area contributed by atoms with E-state index in [2.05, 4.69) is 10.6 Å². The third-order valence-electron chi connectivity index (χ3n) is 4.68. The van der Waals surface area contributed by atoms with Gasteiger partial charge < -0.3 is 20.1 Å². The largest absolute Gasteiger partial charge is 0.493 e. The average Bonchev–Trinajstić information content (AvgIpc) is 2.73. The van der Waals surface area contributed by atoms with E-state index >= 15 is 0 Å². The highest BCUT2D eigenvalue weighted by Crippen LogP contribution is 2.27. The maximum Gasteiger partial charge on any atom is 0.238 e. The van der Waals surface area contributed by atoms with Gasteiger partial charge in [-0.05, 0) is 49.2 Å². The molecule has 0 aromatic heterocycles. The number of ether oxygens (including phenoxy) is 2. The number of likely N-dealkylation sites (N-methyl/N-ethyl adjacent to an activating group) is 1. The van der Waals surface area contributed by atoms with Crippen molar-refractivity contribution in [3.63, 3.8) is 0 Å². The molecule has 2 N–H and O–H groups in total. The fourth-order valence-corrected chi connectivity index (χ4v) is 3.12. The Kier molecular flexibility index (Phi) is 9.15. The third-order valence-corrected chi connectivity index (χ3v) is 4.68. The highest BCUT2D eigenvalue weighted by molar-refractivity contribution is 5.93. The molecule has 0 radical (unpaired) electrons. The molecule has 7 heteroatoms. The van der Waals surface area contributed by atoms with Crippen molar-refractivity contribution in [2.45, 2.75) is 19.8 Å². The second-order valence-electron chi connectivity index (χ2n) is 7.02. The molecule has 7 nitrogen and oxygen atoms in total. The number of nitrogens with zero attached hydrogens (tertiary/aromatic N) is 1. The smallest absolute Gasteiger partial charge is 0.238 e. The summed E-state index contributed by atoms with van der Waals surface area (Å²) in [5, 5.41) is 5.80. The van der Waals surface area contributed by atoms with Crippen molar-refractivity contribution in [1.29, 1.82) is 0 Å². The van der Waals surface area contributed by atoms with E-state index in [4.69, 9.17) is 9.47 Å². The lowest BCUT2D eigenvalue weighted by Crippen LogP contribution is -2.39. The molecule has 0 aliphatic rings. The second-order valence-corrected chi connectivity index (χ2v) is 7.02. The Balaban J connectivity index is 1.74. The van der Waals surface area contributed by atoms with E-state index in [0.717, 1.165) is 23.2 Å². The Morgan fingerprint density at radius 3 is 2.37 bits per heavy atom. The lowest BCUT2D eigenvalue weighted by molar-refractivity contribution is -0.122. The summed E-state index contributed by atoms with van der Waals surface area (Å²) in [6, 6.07) is 13.4. The van der Waals surface area contributed by atoms with Gasteiger partial charge >= 0.3 is 0 Å². The number of hydrogen-bond acceptors (Lipinski definition) is 5. The minimum absolute atomic E-state index is 0.125. The fourth-order valence-electron chi connectivity index (χ4n) is 3.12. The molecule has 0 bridgehead atoms. The number of carbonyl (C=O) groups excluding carboxylic acids is 2. The molecule has 0 aliphatic carbocycles. The summed E-state index contributed by atoms with van der Waals surface area (Å²) in [5.74, 6) is 1.07. The molecule has 0 heterocycles. The maximum atomic E-state index is 12.3. The molecule has 2 aromatic rings. The molecule has 0 saturated heterocycles. The van der Waals surface area contributed by atoms with Gasteiger partial charge in [0.2, 0.25) is 11.8 Å². The highest BCUT2D eigenvalue weighted by atomic mass is 16.5. The summed E-state index contributed by atoms with van der Waals surface area (Å²) in [6.07, 6.45) is 1.51. The summed E-state index contributed by atoms with van der Waals surface area (Å²) >= 11 is 0. The molecule has 0 unspecified atom stereocenters. The zero-order chi connectivity index (χ0) is 21.9. The predicted molar refractivity (Wildman–Crippen MR) is 118 cm³/mol. The van der Waals surface area contributed by atoms with Gasteiger partial charge in [-0.3, -0.25) is 14.5 Å². The summed E-state index contributed by atoms with van der Waals surface area (Å²) < 4.78 is 10.5. The summed E-state index contributed by atoms with van der Waals surface area (Å²) in [7, 11) is 4.94. The van der Waals surface area contributed by atoms with Crippen LogP contribution in [0.5, 0.6) is 11.5 Å². The van der Waals surface area contributed by atoms with Gasteiger partial charge in [0.25, 0.3) is 0 Å². The van der Waals surface area contributed by atoms with Crippen LogP contribution < -0.4 is 20.1 Å². The highest BCUT2D eigenvalue weighted by Gasteiger charge is 2.12. The van der Waals surface area contributed by atoms with Crippen molar-refractivity contribution >= 4 is 17.5 Å². The van der Waals surface area contributed by atoms with Crippen LogP contribution in [0, 0.1) is 0 Å². The lowest BCUT2D eigenvalue weighted by Gasteiger charge is -2.17. The summed E-state index contributed by atoms with van der Waals surface area (Å²) in [5.41, 5.74) is 2.94. The first-order valence-corrected chi connectivity index (χ1v) is 10.0. The zero-order valence-corrected chi connectivity index (χ0v) is 18.2. The number of nitrogens with one attached hydrogen (secondary N) is 2. The van der Waals surface area contributed by atoms with E-state index in [-0.39, 0.29) is 24.9 Å². The second kappa shape index (κ2) is 11.8. The van der Waals surface area contributed by atoms with Crippen molar-refractivity contribution in [3.05, 3.63) is 53.6 Å². The molecule has 0 atom stereocenters. The third kappa shape index (κ3) is 7.08. The van der Waals surface area contributed by atoms with E-state index in [1.54, 1.807) is 26.2 Å². The van der Waals surface area contributed by atoms with E-state index in [9.17, 15) is 9.59 Å². The summed E-state index contributed by atoms with van der Waals surface area (Å²) in [6.45, 7) is 2.83. The normalized spacial score (nSPS) is 10.6. The Morgan fingerprint density at radius 2 is 1.67 bits per heavy atom. The first kappa shape index (κ1) is 23.2. The Labute approximate surface area is 178 Å². The van der Waals surface area contributed by atoms with E-state index in [0.29, 0.717) is 24.5 Å². The molecule has 162 valence electrons. The fraction of sp³-hybridized carbons (Fsp3) is 0.391. The zero-order valence-electron chi connectivity index (χ0n) is 18.2. The van der Waals surface area contributed by atoms with Gasteiger partial charge in [-0.15, -0.1) is 0 Å². The number of carbonyl (C=O) groups is 2. The van der Waals surface area contributed by atoms with E-state index < -0.39 is 0 Å². The monoisotopic (exact) mass is 413 g/mol. The van der Waals surface area contributed by atoms with Crippen molar-refractivity contribution in [2.24, 2.45) is 0 Å². The van der Waals surface area contributed by atoms with Crippen molar-refractivity contribution in [3.8, 4) is 11.5 Å². The molecule has 2 aromatic carbocycles. The number of aryl methyl sites for hydroxylation is 1. The molecule has 0 spiro atoms. The summed E-state index contributed by atoms with van der Waals surface area (Å²) in [4.78, 5) is 26.1. The number of amides is 2. The van der Waals surface area contributed by atoms with E-state index in [1.165, 1.54) is 0 Å². The Morgan fingerprint density at radius 1 is 0.967 bits per heavy atom. The van der Waals surface area contributed by atoms with Gasteiger partial charge in [0, 0.05) is 12.2 Å². The number of para-hydroxylation sites is 1. The average molecular weight is 414 g/mol. The minimum atomic E-state index is -0.142. The minimum Gasteiger partial charge on any atom is -0.493 e. The van der Waals surface area contributed by atoms with Gasteiger partial charge in [0.15, 0.2) is 11.5 Å². The molecule has 2 rings (SSSR count). The van der Waals surface area contributed by atoms with Crippen LogP contribution in [0.25, 0.3) is 0 Å². The van der Waals surface area contributed by atoms with Crippen LogP contribution >= 0.6 is 0 Å². The molecular weight excluding hydrogens is 382 g/mol. The van der Waals surface area contributed by atoms with Crippen LogP contribution in [0.4, 0.5) is 5.69 Å². The van der Waals surface area contributed by atoms with Gasteiger partial charge in [-0.25, -0.2) is 0 Å². The van der Waals surface area contributed by atoms with Gasteiger partial charge in [-0.2, -0.15) is 0 Å². The molecule has 0 aliphatic heterocycles. The van der Waals surface area contributed by atoms with Gasteiger partial charge in [0.1, 0.15) is 0 Å². The number of methoxy groups -OCH3 is 2. The SMILES string of the molecule is CCc1ccccc1NC(=O)CN(C)CC(=O)NCCc1ccc(OC)c(OC)c1. The van der Waals surface area contributed by atoms with Crippen LogP contribution in [-0.4, -0.2) is 57.6 Å². The van der Waals surface area contributed by atoms with E-state index in [1.807, 2.05) is 49.4 Å². The molecule has 30 heavy (non-hydrogen) atoms. The maximum absolute atomic E-state index is 12.3. The standard InChI is InChI=1S/C23H31N3O4/c1-5-18-8-6-7-9-19(18)25-23(28)16-26(2)15-22(27)24-13-12-17-10-11-20(29-3)21(14-17)30-4/h6-11,14H,5,12-13,15-16H2,1-4H3,(H,24,27)(H,25,28). The van der Waals surface area contributed by atoms with Gasteiger partial charge in [0.05, 0.1) is 27.3 Å². The number of anilines is 1. The Bertz CT molecular complexity index is 854. The van der Waals surface area contributed by atoms with Crippen LogP contribution in [0.2, 0.25) is 0 Å². The Hall–Kier alpha value is -3.06. The molecule has 2 amide bonds. The predicted octanol–water partition coefficient (Wildman–Crippen LogP) is 2.50. The van der Waals surface area contributed by atoms with Crippen molar-refractivity contribution in [2.75, 3.05) is 46.2 Å². The number of benzene rings is 2. The van der Waals surface area contributed by atoms with Gasteiger partial charge in [-0.1, -0.05) is 31.2 Å². The molecular formula is C23H31N3O4. The molecule has 0 fully saturated rings. The van der Waals surface area contributed by atoms with Crippen molar-refractivity contribution in [1.82, 2.24) is 10.2 Å². The number of rotatable bonds is 11. The number of hydrogen-bond donors (Lipinski definition) is 2.